The molecule has 0 spiro atoms. The molecule has 6 nitrogen and oxygen atoms in total. The van der Waals surface area contributed by atoms with Gasteiger partial charge in [0.05, 0.1) is 11.7 Å². The second-order valence-electron chi connectivity index (χ2n) is 4.52. The number of nitrogens with one attached hydrogen (secondary N) is 1. The van der Waals surface area contributed by atoms with Gasteiger partial charge in [0, 0.05) is 24.8 Å². The lowest BCUT2D eigenvalue weighted by atomic mass is 10.2. The summed E-state index contributed by atoms with van der Waals surface area (Å²) in [6.07, 6.45) is 3.64. The van der Waals surface area contributed by atoms with Crippen molar-refractivity contribution in [1.29, 1.82) is 0 Å². The molecule has 1 unspecified atom stereocenters. The van der Waals surface area contributed by atoms with Crippen molar-refractivity contribution >= 4 is 33.2 Å². The molecule has 1 atom stereocenters. The van der Waals surface area contributed by atoms with E-state index in [1.807, 2.05) is 37.7 Å². The van der Waals surface area contributed by atoms with E-state index in [1.165, 1.54) is 11.3 Å². The first-order valence-electron chi connectivity index (χ1n) is 6.32. The van der Waals surface area contributed by atoms with Gasteiger partial charge in [-0.25, -0.2) is 15.0 Å². The van der Waals surface area contributed by atoms with E-state index in [4.69, 9.17) is 0 Å². The van der Waals surface area contributed by atoms with E-state index in [-0.39, 0.29) is 6.04 Å². The van der Waals surface area contributed by atoms with Crippen LogP contribution in [0.5, 0.6) is 0 Å². The largest absolute Gasteiger partial charge is 0.346 e. The lowest BCUT2D eigenvalue weighted by Crippen LogP contribution is -2.10. The number of anilines is 1. The molecule has 0 aromatic carbocycles. The third kappa shape index (κ3) is 3.27. The Morgan fingerprint density at radius 3 is 2.86 bits per heavy atom. The van der Waals surface area contributed by atoms with Gasteiger partial charge in [0.15, 0.2) is 0 Å². The number of hydrogen-bond acceptors (Lipinski definition) is 6. The minimum absolute atomic E-state index is 0.0319. The molecule has 0 aliphatic rings. The molecule has 0 aliphatic carbocycles. The highest BCUT2D eigenvalue weighted by molar-refractivity contribution is 9.10. The van der Waals surface area contributed by atoms with Crippen LogP contribution in [-0.4, -0.2) is 24.7 Å². The van der Waals surface area contributed by atoms with Crippen LogP contribution < -0.4 is 5.32 Å². The highest BCUT2D eigenvalue weighted by Gasteiger charge is 2.11. The molecule has 0 bridgehead atoms. The molecule has 0 amide bonds. The number of aromatic nitrogens is 5. The summed E-state index contributed by atoms with van der Waals surface area (Å²) in [4.78, 5) is 13.1. The predicted molar refractivity (Wildman–Crippen MR) is 86.1 cm³/mol. The van der Waals surface area contributed by atoms with E-state index >= 15 is 0 Å². The van der Waals surface area contributed by atoms with Gasteiger partial charge < -0.3 is 5.32 Å². The fourth-order valence-electron chi connectivity index (χ4n) is 1.85. The third-order valence-electron chi connectivity index (χ3n) is 2.87. The Morgan fingerprint density at radius 1 is 1.33 bits per heavy atom. The zero-order valence-electron chi connectivity index (χ0n) is 11.5. The Morgan fingerprint density at radius 2 is 2.19 bits per heavy atom. The first-order valence-corrected chi connectivity index (χ1v) is 7.99. The third-order valence-corrected chi connectivity index (χ3v) is 4.45. The summed E-state index contributed by atoms with van der Waals surface area (Å²) in [6, 6.07) is 3.85. The van der Waals surface area contributed by atoms with E-state index < -0.39 is 0 Å². The summed E-state index contributed by atoms with van der Waals surface area (Å²) in [5, 5.41) is 10.4. The molecule has 8 heteroatoms. The number of halogens is 1. The SMILES string of the molecule is CC(Nc1nccc(-c2nc(Br)cs2)n1)c1ccn(C)n1. The Bertz CT molecular complexity index is 752. The molecule has 3 aromatic heterocycles. The van der Waals surface area contributed by atoms with Gasteiger partial charge >= 0.3 is 0 Å². The van der Waals surface area contributed by atoms with Crippen LogP contribution in [0.2, 0.25) is 0 Å². The molecule has 0 aliphatic heterocycles. The zero-order valence-corrected chi connectivity index (χ0v) is 13.9. The number of rotatable bonds is 4. The Balaban J connectivity index is 1.80. The monoisotopic (exact) mass is 364 g/mol. The van der Waals surface area contributed by atoms with Crippen molar-refractivity contribution in [2.45, 2.75) is 13.0 Å². The number of nitrogens with zero attached hydrogens (tertiary/aromatic N) is 5. The van der Waals surface area contributed by atoms with E-state index in [0.717, 1.165) is 21.0 Å². The molecule has 1 N–H and O–H groups in total. The van der Waals surface area contributed by atoms with Crippen molar-refractivity contribution in [3.05, 3.63) is 40.2 Å². The van der Waals surface area contributed by atoms with Gasteiger partial charge in [-0.1, -0.05) is 0 Å². The van der Waals surface area contributed by atoms with Crippen LogP contribution in [-0.2, 0) is 7.05 Å². The van der Waals surface area contributed by atoms with E-state index in [0.29, 0.717) is 5.95 Å². The molecular formula is C13H13BrN6S. The van der Waals surface area contributed by atoms with Crippen molar-refractivity contribution in [1.82, 2.24) is 24.7 Å². The van der Waals surface area contributed by atoms with Gasteiger partial charge in [-0.15, -0.1) is 11.3 Å². The second-order valence-corrected chi connectivity index (χ2v) is 6.19. The average molecular weight is 365 g/mol. The molecule has 21 heavy (non-hydrogen) atoms. The van der Waals surface area contributed by atoms with Gasteiger partial charge in [-0.2, -0.15) is 5.10 Å². The normalized spacial score (nSPS) is 12.3. The van der Waals surface area contributed by atoms with E-state index in [1.54, 1.807) is 10.9 Å². The molecule has 0 fully saturated rings. The van der Waals surface area contributed by atoms with Crippen molar-refractivity contribution in [3.63, 3.8) is 0 Å². The standard InChI is InChI=1S/C13H13BrN6S/c1-8(9-4-6-20(2)19-9)16-13-15-5-3-10(17-13)12-18-11(14)7-21-12/h3-8H,1-2H3,(H,15,16,17). The maximum absolute atomic E-state index is 4.50. The topological polar surface area (TPSA) is 68.5 Å². The Kier molecular flexibility index (Phi) is 3.98. The van der Waals surface area contributed by atoms with Gasteiger partial charge in [0.25, 0.3) is 0 Å². The summed E-state index contributed by atoms with van der Waals surface area (Å²) in [6.45, 7) is 2.03. The van der Waals surface area contributed by atoms with Gasteiger partial charge in [0.1, 0.15) is 15.3 Å². The first-order chi connectivity index (χ1) is 10.1. The molecule has 3 heterocycles. The molecule has 0 saturated carbocycles. The van der Waals surface area contributed by atoms with Crippen LogP contribution in [0.15, 0.2) is 34.5 Å². The van der Waals surface area contributed by atoms with Crippen LogP contribution in [0.4, 0.5) is 5.95 Å². The molecule has 0 radical (unpaired) electrons. The maximum Gasteiger partial charge on any atom is 0.223 e. The quantitative estimate of drug-likeness (QED) is 0.769. The minimum Gasteiger partial charge on any atom is -0.346 e. The fourth-order valence-corrected chi connectivity index (χ4v) is 3.07. The maximum atomic E-state index is 4.50. The summed E-state index contributed by atoms with van der Waals surface area (Å²) < 4.78 is 2.59. The smallest absolute Gasteiger partial charge is 0.223 e. The number of hydrogen-bond donors (Lipinski definition) is 1. The van der Waals surface area contributed by atoms with Crippen LogP contribution in [0.1, 0.15) is 18.7 Å². The highest BCUT2D eigenvalue weighted by atomic mass is 79.9. The van der Waals surface area contributed by atoms with Crippen LogP contribution in [0, 0.1) is 0 Å². The summed E-state index contributed by atoms with van der Waals surface area (Å²) in [7, 11) is 1.90. The second kappa shape index (κ2) is 5.90. The van der Waals surface area contributed by atoms with E-state index in [9.17, 15) is 0 Å². The van der Waals surface area contributed by atoms with Gasteiger partial charge in [-0.05, 0) is 35.0 Å². The average Bonchev–Trinajstić information content (AvgIpc) is 3.08. The van der Waals surface area contributed by atoms with E-state index in [2.05, 4.69) is 41.3 Å². The summed E-state index contributed by atoms with van der Waals surface area (Å²) >= 11 is 4.89. The van der Waals surface area contributed by atoms with Crippen LogP contribution in [0.25, 0.3) is 10.7 Å². The summed E-state index contributed by atoms with van der Waals surface area (Å²) in [5.41, 5.74) is 1.75. The summed E-state index contributed by atoms with van der Waals surface area (Å²) in [5.74, 6) is 0.567. The van der Waals surface area contributed by atoms with Crippen molar-refractivity contribution in [3.8, 4) is 10.7 Å². The van der Waals surface area contributed by atoms with Crippen LogP contribution >= 0.6 is 27.3 Å². The molecule has 3 aromatic rings. The predicted octanol–water partition coefficient (Wildman–Crippen LogP) is 3.27. The number of thiazole rings is 1. The van der Waals surface area contributed by atoms with Crippen molar-refractivity contribution in [2.75, 3.05) is 5.32 Å². The highest BCUT2D eigenvalue weighted by Crippen LogP contribution is 2.25. The van der Waals surface area contributed by atoms with Crippen molar-refractivity contribution in [2.24, 2.45) is 7.05 Å². The molecule has 0 saturated heterocycles. The van der Waals surface area contributed by atoms with Crippen molar-refractivity contribution < 1.29 is 0 Å². The molecule has 3 rings (SSSR count). The van der Waals surface area contributed by atoms with Gasteiger partial charge in [0.2, 0.25) is 5.95 Å². The lowest BCUT2D eigenvalue weighted by Gasteiger charge is -2.11. The van der Waals surface area contributed by atoms with Crippen LogP contribution in [0.3, 0.4) is 0 Å². The zero-order chi connectivity index (χ0) is 14.8. The number of aryl methyl sites for hydroxylation is 1. The minimum atomic E-state index is 0.0319. The Labute approximate surface area is 134 Å². The first kappa shape index (κ1) is 14.2. The fraction of sp³-hybridized carbons (Fsp3) is 0.231. The van der Waals surface area contributed by atoms with Gasteiger partial charge in [-0.3, -0.25) is 4.68 Å². The Hall–Kier alpha value is -1.80. The lowest BCUT2D eigenvalue weighted by molar-refractivity contribution is 0.715. The molecular weight excluding hydrogens is 352 g/mol. The molecule has 108 valence electrons.